The highest BCUT2D eigenvalue weighted by atomic mass is 16.5. The number of rotatable bonds is 8. The topological polar surface area (TPSA) is 125 Å². The van der Waals surface area contributed by atoms with Crippen LogP contribution >= 0.6 is 0 Å². The van der Waals surface area contributed by atoms with Gasteiger partial charge in [-0.1, -0.05) is 29.8 Å². The maximum atomic E-state index is 12.2. The van der Waals surface area contributed by atoms with E-state index in [1.54, 1.807) is 31.2 Å². The summed E-state index contributed by atoms with van der Waals surface area (Å²) in [4.78, 5) is 35.4. The molecule has 2 atom stereocenters. The second kappa shape index (κ2) is 8.95. The Labute approximate surface area is 157 Å². The molecule has 0 aliphatic heterocycles. The molecule has 0 fully saturated rings. The van der Waals surface area contributed by atoms with E-state index in [9.17, 15) is 14.4 Å². The van der Waals surface area contributed by atoms with Gasteiger partial charge in [-0.15, -0.1) is 0 Å². The molecule has 0 aliphatic rings. The van der Waals surface area contributed by atoms with E-state index in [1.807, 2.05) is 19.1 Å². The van der Waals surface area contributed by atoms with Crippen molar-refractivity contribution in [1.82, 2.24) is 0 Å². The molecular weight excluding hydrogens is 346 g/mol. The van der Waals surface area contributed by atoms with Gasteiger partial charge in [0.05, 0.1) is 11.5 Å². The number of benzene rings is 2. The Morgan fingerprint density at radius 1 is 1.19 bits per heavy atom. The van der Waals surface area contributed by atoms with Gasteiger partial charge >= 0.3 is 0 Å². The molecule has 0 saturated heterocycles. The quantitative estimate of drug-likeness (QED) is 0.611. The first-order chi connectivity index (χ1) is 12.8. The maximum Gasteiger partial charge on any atom is 0.262 e. The van der Waals surface area contributed by atoms with E-state index in [2.05, 4.69) is 5.32 Å². The van der Waals surface area contributed by atoms with Crippen LogP contribution in [0.15, 0.2) is 42.5 Å². The molecule has 0 spiro atoms. The number of nitrogens with one attached hydrogen (secondary N) is 1. The highest BCUT2D eigenvalue weighted by Crippen LogP contribution is 2.31. The second-order valence-corrected chi connectivity index (χ2v) is 6.31. The van der Waals surface area contributed by atoms with Gasteiger partial charge in [-0.3, -0.25) is 9.59 Å². The van der Waals surface area contributed by atoms with Crippen LogP contribution in [0.3, 0.4) is 0 Å². The zero-order chi connectivity index (χ0) is 20.0. The molecule has 0 radical (unpaired) electrons. The summed E-state index contributed by atoms with van der Waals surface area (Å²) in [5.41, 5.74) is 13.5. The summed E-state index contributed by atoms with van der Waals surface area (Å²) in [6.07, 6.45) is 0.685. The zero-order valence-corrected chi connectivity index (χ0v) is 15.3. The number of amides is 2. The van der Waals surface area contributed by atoms with Crippen molar-refractivity contribution >= 4 is 23.8 Å². The molecule has 2 rings (SSSR count). The Bertz CT molecular complexity index is 832. The van der Waals surface area contributed by atoms with Gasteiger partial charge in [0.1, 0.15) is 12.0 Å². The van der Waals surface area contributed by atoms with Gasteiger partial charge in [0.15, 0.2) is 6.61 Å². The lowest BCUT2D eigenvalue weighted by Gasteiger charge is -2.20. The van der Waals surface area contributed by atoms with Crippen molar-refractivity contribution in [3.05, 3.63) is 59.2 Å². The van der Waals surface area contributed by atoms with E-state index in [0.29, 0.717) is 17.5 Å². The van der Waals surface area contributed by atoms with Crippen molar-refractivity contribution in [3.63, 3.8) is 0 Å². The summed E-state index contributed by atoms with van der Waals surface area (Å²) in [6, 6.07) is 11.5. The summed E-state index contributed by atoms with van der Waals surface area (Å²) < 4.78 is 5.59. The number of hydrogen-bond donors (Lipinski definition) is 3. The summed E-state index contributed by atoms with van der Waals surface area (Å²) in [5.74, 6) is -1.73. The molecule has 0 saturated carbocycles. The van der Waals surface area contributed by atoms with Crippen LogP contribution in [0.25, 0.3) is 0 Å². The van der Waals surface area contributed by atoms with Crippen molar-refractivity contribution in [1.29, 1.82) is 0 Å². The normalized spacial score (nSPS) is 12.7. The van der Waals surface area contributed by atoms with Gasteiger partial charge in [0.25, 0.3) is 11.8 Å². The molecule has 7 nitrogen and oxygen atoms in total. The van der Waals surface area contributed by atoms with E-state index in [-0.39, 0.29) is 17.9 Å². The average molecular weight is 369 g/mol. The minimum atomic E-state index is -0.722. The Morgan fingerprint density at radius 3 is 2.41 bits per heavy atom. The molecule has 7 heteroatoms. The molecule has 142 valence electrons. The first-order valence-electron chi connectivity index (χ1n) is 8.46. The molecule has 2 aromatic carbocycles. The molecule has 0 aliphatic carbocycles. The molecule has 0 heterocycles. The third-order valence-corrected chi connectivity index (χ3v) is 4.07. The molecule has 27 heavy (non-hydrogen) atoms. The van der Waals surface area contributed by atoms with Crippen molar-refractivity contribution in [2.45, 2.75) is 25.8 Å². The number of hydrogen-bond acceptors (Lipinski definition) is 5. The average Bonchev–Trinajstić information content (AvgIpc) is 2.62. The summed E-state index contributed by atoms with van der Waals surface area (Å²) in [6.45, 7) is 3.26. The van der Waals surface area contributed by atoms with Crippen LogP contribution in [0.5, 0.6) is 5.75 Å². The fourth-order valence-electron chi connectivity index (χ4n) is 2.62. The number of carbonyl (C=O) groups excluding carboxylic acids is 3. The van der Waals surface area contributed by atoms with Crippen LogP contribution in [0, 0.1) is 6.92 Å². The lowest BCUT2D eigenvalue weighted by atomic mass is 9.91. The molecule has 5 N–H and O–H groups in total. The monoisotopic (exact) mass is 369 g/mol. The van der Waals surface area contributed by atoms with Gasteiger partial charge in [-0.2, -0.15) is 0 Å². The molecular formula is C20H23N3O4. The van der Waals surface area contributed by atoms with Crippen molar-refractivity contribution in [2.24, 2.45) is 11.5 Å². The predicted octanol–water partition coefficient (Wildman–Crippen LogP) is 1.74. The van der Waals surface area contributed by atoms with Gasteiger partial charge in [0.2, 0.25) is 0 Å². The molecule has 0 aromatic heterocycles. The third-order valence-electron chi connectivity index (χ3n) is 4.07. The van der Waals surface area contributed by atoms with E-state index < -0.39 is 23.8 Å². The van der Waals surface area contributed by atoms with E-state index in [4.69, 9.17) is 16.2 Å². The highest BCUT2D eigenvalue weighted by Gasteiger charge is 2.24. The Kier molecular flexibility index (Phi) is 6.67. The van der Waals surface area contributed by atoms with Crippen LogP contribution in [0.1, 0.15) is 34.3 Å². The minimum Gasteiger partial charge on any atom is -0.483 e. The van der Waals surface area contributed by atoms with E-state index >= 15 is 0 Å². The smallest absolute Gasteiger partial charge is 0.262 e. The first kappa shape index (κ1) is 20.1. The Morgan fingerprint density at radius 2 is 1.85 bits per heavy atom. The number of anilines is 1. The second-order valence-electron chi connectivity index (χ2n) is 6.31. The SMILES string of the molecule is Cc1ccc(NC(=O)COc2c(C(N)=O)cccc2C(C=O)C(C)N)cc1. The lowest BCUT2D eigenvalue weighted by molar-refractivity contribution is -0.118. The standard InChI is InChI=1S/C20H23N3O4/c1-12-6-8-14(9-7-12)23-18(25)11-27-19-15(17(10-24)13(2)21)4-3-5-16(19)20(22)26/h3-10,13,17H,11,21H2,1-2H3,(H2,22,26)(H,23,25). The first-order valence-corrected chi connectivity index (χ1v) is 8.46. The number of aryl methyl sites for hydroxylation is 1. The summed E-state index contributed by atoms with van der Waals surface area (Å²) >= 11 is 0. The largest absolute Gasteiger partial charge is 0.483 e. The number of ether oxygens (including phenoxy) is 1. The van der Waals surface area contributed by atoms with E-state index in [0.717, 1.165) is 5.56 Å². The van der Waals surface area contributed by atoms with Crippen molar-refractivity contribution in [2.75, 3.05) is 11.9 Å². The van der Waals surface area contributed by atoms with Gasteiger partial charge in [-0.25, -0.2) is 0 Å². The van der Waals surface area contributed by atoms with Gasteiger partial charge < -0.3 is 26.3 Å². The fourth-order valence-corrected chi connectivity index (χ4v) is 2.62. The maximum absolute atomic E-state index is 12.2. The zero-order valence-electron chi connectivity index (χ0n) is 15.3. The van der Waals surface area contributed by atoms with Crippen LogP contribution in [0.2, 0.25) is 0 Å². The number of nitrogens with two attached hydrogens (primary N) is 2. The molecule has 0 bridgehead atoms. The fraction of sp³-hybridized carbons (Fsp3) is 0.250. The molecule has 2 unspecified atom stereocenters. The van der Waals surface area contributed by atoms with Crippen LogP contribution in [0.4, 0.5) is 5.69 Å². The lowest BCUT2D eigenvalue weighted by Crippen LogP contribution is -2.28. The molecule has 2 amide bonds. The van der Waals surface area contributed by atoms with Crippen LogP contribution < -0.4 is 21.5 Å². The van der Waals surface area contributed by atoms with Crippen LogP contribution in [-0.4, -0.2) is 30.7 Å². The van der Waals surface area contributed by atoms with E-state index in [1.165, 1.54) is 6.07 Å². The number of para-hydroxylation sites is 1. The Balaban J connectivity index is 2.22. The van der Waals surface area contributed by atoms with Gasteiger partial charge in [-0.05, 0) is 32.0 Å². The highest BCUT2D eigenvalue weighted by molar-refractivity contribution is 5.97. The number of primary amides is 1. The predicted molar refractivity (Wildman–Crippen MR) is 103 cm³/mol. The van der Waals surface area contributed by atoms with Gasteiger partial charge in [0, 0.05) is 17.3 Å². The Hall–Kier alpha value is -3.19. The van der Waals surface area contributed by atoms with Crippen molar-refractivity contribution in [3.8, 4) is 5.75 Å². The number of carbonyl (C=O) groups is 3. The van der Waals surface area contributed by atoms with Crippen molar-refractivity contribution < 1.29 is 19.1 Å². The minimum absolute atomic E-state index is 0.0862. The third kappa shape index (κ3) is 5.15. The summed E-state index contributed by atoms with van der Waals surface area (Å²) in [7, 11) is 0. The molecule has 2 aromatic rings. The van der Waals surface area contributed by atoms with Crippen LogP contribution in [-0.2, 0) is 9.59 Å². The summed E-state index contributed by atoms with van der Waals surface area (Å²) in [5, 5.41) is 2.70. The number of aldehydes is 1.